The number of carbonyl (C=O) groups is 1. The van der Waals surface area contributed by atoms with E-state index in [0.717, 1.165) is 43.2 Å². The average Bonchev–Trinajstić information content (AvgIpc) is 2.66. The van der Waals surface area contributed by atoms with Gasteiger partial charge in [-0.15, -0.1) is 0 Å². The second-order valence-corrected chi connectivity index (χ2v) is 7.22. The molecular formula is C24H31FO3. The summed E-state index contributed by atoms with van der Waals surface area (Å²) < 4.78 is 24.9. The molecule has 152 valence electrons. The number of hydrogen-bond donors (Lipinski definition) is 0. The number of ether oxygens (including phenoxy) is 2. The van der Waals surface area contributed by atoms with Crippen LogP contribution in [0.15, 0.2) is 42.5 Å². The lowest BCUT2D eigenvalue weighted by atomic mass is 10.0. The molecule has 0 aromatic heterocycles. The lowest BCUT2D eigenvalue weighted by Gasteiger charge is -2.13. The van der Waals surface area contributed by atoms with Crippen LogP contribution in [0.3, 0.4) is 0 Å². The Kier molecular flexibility index (Phi) is 8.99. The van der Waals surface area contributed by atoms with Crippen LogP contribution in [-0.2, 0) is 11.2 Å². The molecule has 4 heteroatoms. The number of benzene rings is 2. The molecule has 2 rings (SSSR count). The van der Waals surface area contributed by atoms with Gasteiger partial charge in [0.2, 0.25) is 0 Å². The fraction of sp³-hybridized carbons (Fsp3) is 0.458. The molecule has 2 aromatic carbocycles. The summed E-state index contributed by atoms with van der Waals surface area (Å²) in [4.78, 5) is 11.9. The number of aryl methyl sites for hydroxylation is 1. The van der Waals surface area contributed by atoms with Crippen LogP contribution in [0.25, 0.3) is 11.1 Å². The normalized spacial score (nSPS) is 11.9. The Bertz CT molecular complexity index is 740. The zero-order valence-electron chi connectivity index (χ0n) is 17.2. The molecule has 1 atom stereocenters. The summed E-state index contributed by atoms with van der Waals surface area (Å²) in [7, 11) is 0. The molecule has 2 aromatic rings. The third-order valence-electron chi connectivity index (χ3n) is 4.70. The van der Waals surface area contributed by atoms with Crippen molar-refractivity contribution in [3.63, 3.8) is 0 Å². The van der Waals surface area contributed by atoms with E-state index in [1.807, 2.05) is 13.0 Å². The molecule has 0 aliphatic rings. The third-order valence-corrected chi connectivity index (χ3v) is 4.70. The zero-order valence-corrected chi connectivity index (χ0v) is 17.2. The average molecular weight is 387 g/mol. The van der Waals surface area contributed by atoms with Crippen molar-refractivity contribution < 1.29 is 18.7 Å². The third kappa shape index (κ3) is 6.99. The van der Waals surface area contributed by atoms with E-state index >= 15 is 0 Å². The molecule has 1 unspecified atom stereocenters. The molecule has 0 N–H and O–H groups in total. The number of halogens is 1. The minimum Gasteiger partial charge on any atom is -0.431 e. The maximum Gasteiger partial charge on any atom is 0.514 e. The van der Waals surface area contributed by atoms with Crippen molar-refractivity contribution in [2.75, 3.05) is 0 Å². The summed E-state index contributed by atoms with van der Waals surface area (Å²) in [5.74, 6) is 0.144. The van der Waals surface area contributed by atoms with E-state index in [0.29, 0.717) is 11.3 Å². The second kappa shape index (κ2) is 11.5. The highest BCUT2D eigenvalue weighted by Crippen LogP contribution is 2.26. The van der Waals surface area contributed by atoms with Crippen LogP contribution in [0, 0.1) is 5.82 Å². The number of unbranched alkanes of at least 4 members (excludes halogenated alkanes) is 3. The van der Waals surface area contributed by atoms with Crippen LogP contribution in [0.1, 0.15) is 64.9 Å². The van der Waals surface area contributed by atoms with Gasteiger partial charge < -0.3 is 9.47 Å². The molecule has 0 aliphatic carbocycles. The van der Waals surface area contributed by atoms with Crippen molar-refractivity contribution in [1.82, 2.24) is 0 Å². The van der Waals surface area contributed by atoms with Gasteiger partial charge in [-0.1, -0.05) is 63.8 Å². The SMILES string of the molecule is CCCCCCC(C)OC(=O)Oc1ccc(-c2ccc(CCC)cc2F)cc1. The molecule has 0 radical (unpaired) electrons. The summed E-state index contributed by atoms with van der Waals surface area (Å²) in [6.45, 7) is 6.11. The molecule has 28 heavy (non-hydrogen) atoms. The van der Waals surface area contributed by atoms with Gasteiger partial charge in [-0.2, -0.15) is 0 Å². The van der Waals surface area contributed by atoms with Crippen molar-refractivity contribution in [3.8, 4) is 16.9 Å². The first kappa shape index (κ1) is 21.9. The highest BCUT2D eigenvalue weighted by Gasteiger charge is 2.12. The van der Waals surface area contributed by atoms with Gasteiger partial charge in [-0.25, -0.2) is 9.18 Å². The van der Waals surface area contributed by atoms with Crippen molar-refractivity contribution in [2.45, 2.75) is 71.8 Å². The van der Waals surface area contributed by atoms with E-state index in [4.69, 9.17) is 9.47 Å². The summed E-state index contributed by atoms with van der Waals surface area (Å²) in [5, 5.41) is 0. The van der Waals surface area contributed by atoms with Crippen molar-refractivity contribution in [2.24, 2.45) is 0 Å². The molecule has 0 bridgehead atoms. The van der Waals surface area contributed by atoms with Gasteiger partial charge in [0.05, 0.1) is 0 Å². The zero-order chi connectivity index (χ0) is 20.4. The quantitative estimate of drug-likeness (QED) is 0.244. The molecule has 0 fully saturated rings. The van der Waals surface area contributed by atoms with E-state index in [-0.39, 0.29) is 11.9 Å². The van der Waals surface area contributed by atoms with Gasteiger partial charge in [-0.05, 0) is 55.5 Å². The Morgan fingerprint density at radius 3 is 2.39 bits per heavy atom. The summed E-state index contributed by atoms with van der Waals surface area (Å²) in [6.07, 6.45) is 6.38. The van der Waals surface area contributed by atoms with E-state index in [9.17, 15) is 9.18 Å². The minimum absolute atomic E-state index is 0.167. The minimum atomic E-state index is -0.703. The van der Waals surface area contributed by atoms with E-state index in [2.05, 4.69) is 13.8 Å². The molecule has 0 heterocycles. The molecule has 0 spiro atoms. The predicted molar refractivity (Wildman–Crippen MR) is 111 cm³/mol. The monoisotopic (exact) mass is 386 g/mol. The second-order valence-electron chi connectivity index (χ2n) is 7.22. The first-order valence-electron chi connectivity index (χ1n) is 10.3. The summed E-state index contributed by atoms with van der Waals surface area (Å²) in [5.41, 5.74) is 2.27. The van der Waals surface area contributed by atoms with Gasteiger partial charge in [-0.3, -0.25) is 0 Å². The van der Waals surface area contributed by atoms with Crippen LogP contribution in [0.4, 0.5) is 9.18 Å². The molecule has 0 saturated carbocycles. The smallest absolute Gasteiger partial charge is 0.431 e. The highest BCUT2D eigenvalue weighted by atomic mass is 19.1. The maximum atomic E-state index is 14.4. The van der Waals surface area contributed by atoms with Crippen LogP contribution in [0.5, 0.6) is 5.75 Å². The first-order chi connectivity index (χ1) is 13.5. The number of carbonyl (C=O) groups excluding carboxylic acids is 1. The Morgan fingerprint density at radius 2 is 1.75 bits per heavy atom. The predicted octanol–water partition coefficient (Wildman–Crippen LogP) is 7.32. The van der Waals surface area contributed by atoms with Gasteiger partial charge >= 0.3 is 6.16 Å². The largest absolute Gasteiger partial charge is 0.514 e. The molecule has 0 saturated heterocycles. The lowest BCUT2D eigenvalue weighted by molar-refractivity contribution is 0.0613. The van der Waals surface area contributed by atoms with E-state index < -0.39 is 6.16 Å². The number of rotatable bonds is 10. The fourth-order valence-corrected chi connectivity index (χ4v) is 3.14. The molecular weight excluding hydrogens is 355 g/mol. The summed E-state index contributed by atoms with van der Waals surface area (Å²) >= 11 is 0. The number of hydrogen-bond acceptors (Lipinski definition) is 3. The first-order valence-corrected chi connectivity index (χ1v) is 10.3. The van der Waals surface area contributed by atoms with Gasteiger partial charge in [0, 0.05) is 5.56 Å². The standard InChI is InChI=1S/C24H31FO3/c1-4-6-7-8-10-18(3)27-24(26)28-21-14-12-20(13-15-21)22-16-11-19(9-5-2)17-23(22)25/h11-18H,4-10H2,1-3H3. The van der Waals surface area contributed by atoms with Crippen LogP contribution >= 0.6 is 0 Å². The van der Waals surface area contributed by atoms with Crippen LogP contribution in [-0.4, -0.2) is 12.3 Å². The van der Waals surface area contributed by atoms with Crippen LogP contribution in [0.2, 0.25) is 0 Å². The topological polar surface area (TPSA) is 35.5 Å². The Hall–Kier alpha value is -2.36. The van der Waals surface area contributed by atoms with Gasteiger partial charge in [0.1, 0.15) is 17.7 Å². The van der Waals surface area contributed by atoms with Gasteiger partial charge in [0.25, 0.3) is 0 Å². The molecule has 3 nitrogen and oxygen atoms in total. The molecule has 0 aliphatic heterocycles. The Balaban J connectivity index is 1.89. The van der Waals surface area contributed by atoms with Crippen molar-refractivity contribution in [1.29, 1.82) is 0 Å². The highest BCUT2D eigenvalue weighted by molar-refractivity contribution is 5.67. The van der Waals surface area contributed by atoms with E-state index in [1.54, 1.807) is 36.4 Å². The van der Waals surface area contributed by atoms with Crippen LogP contribution < -0.4 is 4.74 Å². The van der Waals surface area contributed by atoms with Gasteiger partial charge in [0.15, 0.2) is 0 Å². The van der Waals surface area contributed by atoms with Crippen molar-refractivity contribution in [3.05, 3.63) is 53.8 Å². The molecule has 0 amide bonds. The van der Waals surface area contributed by atoms with E-state index in [1.165, 1.54) is 12.8 Å². The maximum absolute atomic E-state index is 14.4. The van der Waals surface area contributed by atoms with Crippen molar-refractivity contribution >= 4 is 6.16 Å². The Labute approximate surface area is 167 Å². The lowest BCUT2D eigenvalue weighted by Crippen LogP contribution is -2.18. The fourth-order valence-electron chi connectivity index (χ4n) is 3.14. The Morgan fingerprint density at radius 1 is 1.00 bits per heavy atom. The summed E-state index contributed by atoms with van der Waals surface area (Å²) in [6, 6.07) is 12.1.